The molecule has 3 rings (SSSR count). The van der Waals surface area contributed by atoms with Gasteiger partial charge in [-0.2, -0.15) is 0 Å². The van der Waals surface area contributed by atoms with Crippen molar-refractivity contribution in [2.24, 2.45) is 0 Å². The first-order valence-electron chi connectivity index (χ1n) is 6.93. The minimum atomic E-state index is -0.239. The molecule has 0 radical (unpaired) electrons. The Bertz CT molecular complexity index is 639. The van der Waals surface area contributed by atoms with E-state index in [-0.39, 0.29) is 11.9 Å². The molecule has 1 atom stereocenters. The Morgan fingerprint density at radius 2 is 2.05 bits per heavy atom. The molecular weight excluding hydrogens is 275 g/mol. The largest absolute Gasteiger partial charge is 0.489 e. The Morgan fingerprint density at radius 1 is 1.25 bits per heavy atom. The maximum atomic E-state index is 13.9. The highest BCUT2D eigenvalue weighted by atomic mass is 35.5. The third-order valence-electron chi connectivity index (χ3n) is 3.77. The van der Waals surface area contributed by atoms with E-state index in [9.17, 15) is 4.39 Å². The lowest BCUT2D eigenvalue weighted by molar-refractivity contribution is 0.170. The molecule has 0 saturated carbocycles. The average molecular weight is 291 g/mol. The summed E-state index contributed by atoms with van der Waals surface area (Å²) in [4.78, 5) is 0. The topological polar surface area (TPSA) is 9.23 Å². The van der Waals surface area contributed by atoms with Crippen LogP contribution < -0.4 is 4.74 Å². The van der Waals surface area contributed by atoms with Crippen molar-refractivity contribution >= 4 is 11.6 Å². The van der Waals surface area contributed by atoms with Crippen LogP contribution in [0.4, 0.5) is 4.39 Å². The van der Waals surface area contributed by atoms with E-state index in [0.29, 0.717) is 5.02 Å². The van der Waals surface area contributed by atoms with Gasteiger partial charge < -0.3 is 4.74 Å². The van der Waals surface area contributed by atoms with Crippen molar-refractivity contribution in [2.75, 3.05) is 0 Å². The maximum absolute atomic E-state index is 13.9. The Balaban J connectivity index is 2.16. The van der Waals surface area contributed by atoms with Crippen molar-refractivity contribution < 1.29 is 9.13 Å². The fraction of sp³-hybridized carbons (Fsp3) is 0.294. The Kier molecular flexibility index (Phi) is 3.66. The van der Waals surface area contributed by atoms with Gasteiger partial charge in [-0.25, -0.2) is 4.39 Å². The van der Waals surface area contributed by atoms with Crippen molar-refractivity contribution in [1.29, 1.82) is 0 Å². The highest BCUT2D eigenvalue weighted by molar-refractivity contribution is 6.33. The van der Waals surface area contributed by atoms with Crippen molar-refractivity contribution in [2.45, 2.75) is 32.3 Å². The van der Waals surface area contributed by atoms with Gasteiger partial charge >= 0.3 is 0 Å². The number of ether oxygens (including phenoxy) is 1. The SMILES string of the molecule is CC[C@H]1CCc2cc(F)cc(-c3ccccc3Cl)c2O1. The Hall–Kier alpha value is -1.54. The van der Waals surface area contributed by atoms with Crippen LogP contribution in [-0.2, 0) is 6.42 Å². The summed E-state index contributed by atoms with van der Waals surface area (Å²) in [5, 5.41) is 0.613. The van der Waals surface area contributed by atoms with Crippen molar-refractivity contribution in [1.82, 2.24) is 0 Å². The Labute approximate surface area is 123 Å². The summed E-state index contributed by atoms with van der Waals surface area (Å²) in [7, 11) is 0. The molecule has 0 unspecified atom stereocenters. The van der Waals surface area contributed by atoms with Crippen LogP contribution in [0.5, 0.6) is 5.75 Å². The molecule has 1 aliphatic heterocycles. The van der Waals surface area contributed by atoms with Gasteiger partial charge in [0, 0.05) is 16.1 Å². The van der Waals surface area contributed by atoms with E-state index >= 15 is 0 Å². The molecule has 1 heterocycles. The van der Waals surface area contributed by atoms with Crippen LogP contribution in [0.3, 0.4) is 0 Å². The van der Waals surface area contributed by atoms with Crippen LogP contribution in [0.25, 0.3) is 11.1 Å². The second-order valence-corrected chi connectivity index (χ2v) is 5.52. The van der Waals surface area contributed by atoms with Gasteiger partial charge in [-0.1, -0.05) is 36.7 Å². The second-order valence-electron chi connectivity index (χ2n) is 5.11. The fourth-order valence-corrected chi connectivity index (χ4v) is 2.92. The maximum Gasteiger partial charge on any atom is 0.130 e. The zero-order chi connectivity index (χ0) is 14.1. The van der Waals surface area contributed by atoms with E-state index in [2.05, 4.69) is 6.92 Å². The van der Waals surface area contributed by atoms with Gasteiger partial charge in [0.05, 0.1) is 6.10 Å². The summed E-state index contributed by atoms with van der Waals surface area (Å²) in [6, 6.07) is 10.6. The van der Waals surface area contributed by atoms with Crippen molar-refractivity contribution in [3.63, 3.8) is 0 Å². The molecule has 0 N–H and O–H groups in total. The minimum Gasteiger partial charge on any atom is -0.489 e. The van der Waals surface area contributed by atoms with E-state index in [4.69, 9.17) is 16.3 Å². The molecule has 2 aromatic carbocycles. The van der Waals surface area contributed by atoms with E-state index < -0.39 is 0 Å². The molecule has 20 heavy (non-hydrogen) atoms. The normalized spacial score (nSPS) is 17.4. The van der Waals surface area contributed by atoms with Gasteiger partial charge in [-0.05, 0) is 43.0 Å². The molecule has 0 fully saturated rings. The number of benzene rings is 2. The third kappa shape index (κ3) is 2.40. The number of aryl methyl sites for hydroxylation is 1. The van der Waals surface area contributed by atoms with E-state index in [1.165, 1.54) is 6.07 Å². The first-order valence-corrected chi connectivity index (χ1v) is 7.30. The lowest BCUT2D eigenvalue weighted by Gasteiger charge is -2.27. The molecule has 0 aliphatic carbocycles. The quantitative estimate of drug-likeness (QED) is 0.734. The molecule has 0 aromatic heterocycles. The predicted molar refractivity (Wildman–Crippen MR) is 79.9 cm³/mol. The summed E-state index contributed by atoms with van der Waals surface area (Å²) in [6.07, 6.45) is 2.95. The molecule has 1 aliphatic rings. The molecule has 0 bridgehead atoms. The average Bonchev–Trinajstić information content (AvgIpc) is 2.46. The van der Waals surface area contributed by atoms with Crippen LogP contribution in [0, 0.1) is 5.82 Å². The van der Waals surface area contributed by atoms with E-state index in [1.54, 1.807) is 6.07 Å². The van der Waals surface area contributed by atoms with E-state index in [1.807, 2.05) is 24.3 Å². The number of rotatable bonds is 2. The minimum absolute atomic E-state index is 0.203. The summed E-state index contributed by atoms with van der Waals surface area (Å²) >= 11 is 6.25. The molecule has 104 valence electrons. The summed E-state index contributed by atoms with van der Waals surface area (Å²) in [6.45, 7) is 2.11. The Morgan fingerprint density at radius 3 is 2.80 bits per heavy atom. The molecule has 0 amide bonds. The monoisotopic (exact) mass is 290 g/mol. The summed E-state index contributed by atoms with van der Waals surface area (Å²) in [5.41, 5.74) is 2.51. The standard InChI is InChI=1S/C17H16ClFO/c1-2-13-8-7-11-9-12(19)10-15(17(11)20-13)14-5-3-4-6-16(14)18/h3-6,9-10,13H,2,7-8H2,1H3/t13-/m0/s1. The molecule has 0 spiro atoms. The van der Waals surface area contributed by atoms with E-state index in [0.717, 1.165) is 41.7 Å². The first-order chi connectivity index (χ1) is 9.69. The first kappa shape index (κ1) is 13.4. The van der Waals surface area contributed by atoms with Crippen molar-refractivity contribution in [3.8, 4) is 16.9 Å². The van der Waals surface area contributed by atoms with Gasteiger partial charge in [0.1, 0.15) is 11.6 Å². The van der Waals surface area contributed by atoms with Gasteiger partial charge in [0.2, 0.25) is 0 Å². The zero-order valence-corrected chi connectivity index (χ0v) is 12.1. The zero-order valence-electron chi connectivity index (χ0n) is 11.3. The highest BCUT2D eigenvalue weighted by Gasteiger charge is 2.23. The smallest absolute Gasteiger partial charge is 0.130 e. The van der Waals surface area contributed by atoms with Crippen LogP contribution >= 0.6 is 11.6 Å². The highest BCUT2D eigenvalue weighted by Crippen LogP contribution is 2.41. The van der Waals surface area contributed by atoms with Gasteiger partial charge in [0.15, 0.2) is 0 Å². The lowest BCUT2D eigenvalue weighted by Crippen LogP contribution is -2.22. The number of hydrogen-bond acceptors (Lipinski definition) is 1. The number of halogens is 2. The lowest BCUT2D eigenvalue weighted by atomic mass is 9.95. The fourth-order valence-electron chi connectivity index (χ4n) is 2.68. The molecule has 0 saturated heterocycles. The van der Waals surface area contributed by atoms with Gasteiger partial charge in [-0.15, -0.1) is 0 Å². The van der Waals surface area contributed by atoms with Gasteiger partial charge in [0.25, 0.3) is 0 Å². The van der Waals surface area contributed by atoms with Crippen LogP contribution in [0.15, 0.2) is 36.4 Å². The summed E-state index contributed by atoms with van der Waals surface area (Å²) < 4.78 is 19.9. The molecular formula is C17H16ClFO. The molecule has 2 aromatic rings. The van der Waals surface area contributed by atoms with Crippen LogP contribution in [0.2, 0.25) is 5.02 Å². The van der Waals surface area contributed by atoms with Crippen LogP contribution in [-0.4, -0.2) is 6.10 Å². The molecule has 1 nitrogen and oxygen atoms in total. The number of fused-ring (bicyclic) bond motifs is 1. The van der Waals surface area contributed by atoms with Crippen molar-refractivity contribution in [3.05, 3.63) is 52.8 Å². The predicted octanol–water partition coefficient (Wildman–Crippen LogP) is 5.25. The second kappa shape index (κ2) is 5.45. The van der Waals surface area contributed by atoms with Crippen LogP contribution in [0.1, 0.15) is 25.3 Å². The van der Waals surface area contributed by atoms with Gasteiger partial charge in [-0.3, -0.25) is 0 Å². The molecule has 3 heteroatoms. The number of hydrogen-bond donors (Lipinski definition) is 0. The third-order valence-corrected chi connectivity index (χ3v) is 4.10. The summed E-state index contributed by atoms with van der Waals surface area (Å²) in [5.74, 6) is 0.551.